The minimum Gasteiger partial charge on any atom is -0.388 e. The van der Waals surface area contributed by atoms with E-state index in [2.05, 4.69) is 9.97 Å². The van der Waals surface area contributed by atoms with E-state index in [-0.39, 0.29) is 16.6 Å². The first-order valence-electron chi connectivity index (χ1n) is 10.4. The molecular formula is C20H24F5N2O7PS. The van der Waals surface area contributed by atoms with Gasteiger partial charge in [-0.15, -0.1) is 0 Å². The van der Waals surface area contributed by atoms with Crippen molar-refractivity contribution in [3.63, 3.8) is 0 Å². The lowest BCUT2D eigenvalue weighted by Gasteiger charge is -2.34. The highest BCUT2D eigenvalue weighted by Gasteiger charge is 2.49. The van der Waals surface area contributed by atoms with Gasteiger partial charge in [-0.1, -0.05) is 12.2 Å². The highest BCUT2D eigenvalue weighted by atomic mass is 32.1. The number of halogens is 5. The van der Waals surface area contributed by atoms with E-state index < -0.39 is 77.5 Å². The molecule has 5 atom stereocenters. The van der Waals surface area contributed by atoms with Crippen LogP contribution in [0.1, 0.15) is 51.5 Å². The number of alkyl halides is 3. The SMILES string of the molecule is CC(C)(C[C@H]1O[C@@H](c2cc3c(F)c(F)c(C(F)(F)F)nc3[nH]c2=S)C(O)C1O)OP(=O)(O)C(C)(C)O. The fourth-order valence-corrected chi connectivity index (χ4v) is 4.96. The monoisotopic (exact) mass is 562 g/mol. The molecule has 2 aromatic rings. The van der Waals surface area contributed by atoms with Crippen LogP contribution in [0.25, 0.3) is 11.0 Å². The number of aliphatic hydroxyl groups excluding tert-OH is 2. The second-order valence-corrected chi connectivity index (χ2v) is 12.3. The molecule has 0 amide bonds. The summed E-state index contributed by atoms with van der Waals surface area (Å²) >= 11 is 5.09. The maximum atomic E-state index is 14.5. The van der Waals surface area contributed by atoms with Gasteiger partial charge in [-0.25, -0.2) is 13.8 Å². The summed E-state index contributed by atoms with van der Waals surface area (Å²) in [5.74, 6) is -4.08. The molecular weight excluding hydrogens is 538 g/mol. The van der Waals surface area contributed by atoms with Gasteiger partial charge in [0.2, 0.25) is 0 Å². The van der Waals surface area contributed by atoms with Gasteiger partial charge in [0.15, 0.2) is 22.7 Å². The maximum absolute atomic E-state index is 14.5. The summed E-state index contributed by atoms with van der Waals surface area (Å²) in [5, 5.41) is 28.1. The van der Waals surface area contributed by atoms with Crippen LogP contribution >= 0.6 is 19.8 Å². The molecule has 3 heterocycles. The van der Waals surface area contributed by atoms with Gasteiger partial charge in [0, 0.05) is 12.0 Å². The van der Waals surface area contributed by atoms with Crippen LogP contribution in [0.15, 0.2) is 6.07 Å². The predicted octanol–water partition coefficient (Wildman–Crippen LogP) is 3.85. The molecule has 1 aliphatic heterocycles. The second kappa shape index (κ2) is 9.31. The van der Waals surface area contributed by atoms with Crippen molar-refractivity contribution in [1.82, 2.24) is 9.97 Å². The van der Waals surface area contributed by atoms with Crippen LogP contribution in [0.2, 0.25) is 0 Å². The van der Waals surface area contributed by atoms with Gasteiger partial charge in [-0.2, -0.15) is 13.2 Å². The van der Waals surface area contributed by atoms with Gasteiger partial charge in [0.25, 0.3) is 0 Å². The number of rotatable bonds is 6. The van der Waals surface area contributed by atoms with Crippen LogP contribution in [-0.4, -0.2) is 59.4 Å². The Morgan fingerprint density at radius 1 is 1.17 bits per heavy atom. The number of pyridine rings is 2. The van der Waals surface area contributed by atoms with Crippen molar-refractivity contribution in [2.45, 2.75) is 75.7 Å². The summed E-state index contributed by atoms with van der Waals surface area (Å²) in [6.07, 6.45) is -11.5. The number of nitrogens with zero attached hydrogens (tertiary/aromatic N) is 1. The quantitative estimate of drug-likeness (QED) is 0.201. The molecule has 36 heavy (non-hydrogen) atoms. The lowest BCUT2D eigenvalue weighted by Crippen LogP contribution is -2.38. The van der Waals surface area contributed by atoms with Crippen molar-refractivity contribution in [3.8, 4) is 0 Å². The van der Waals surface area contributed by atoms with Crippen LogP contribution in [0.4, 0.5) is 22.0 Å². The average molecular weight is 562 g/mol. The van der Waals surface area contributed by atoms with Crippen LogP contribution in [-0.2, 0) is 20.0 Å². The lowest BCUT2D eigenvalue weighted by atomic mass is 9.95. The molecule has 0 radical (unpaired) electrons. The Morgan fingerprint density at radius 2 is 1.75 bits per heavy atom. The van der Waals surface area contributed by atoms with Crippen molar-refractivity contribution in [2.75, 3.05) is 0 Å². The number of aliphatic hydroxyl groups is 3. The third-order valence-corrected chi connectivity index (χ3v) is 8.06. The molecule has 0 aromatic carbocycles. The summed E-state index contributed by atoms with van der Waals surface area (Å²) < 4.78 is 90.4. The van der Waals surface area contributed by atoms with Crippen molar-refractivity contribution in [2.24, 2.45) is 0 Å². The van der Waals surface area contributed by atoms with Gasteiger partial charge in [-0.3, -0.25) is 4.57 Å². The van der Waals surface area contributed by atoms with Crippen LogP contribution in [0.5, 0.6) is 0 Å². The number of fused-ring (bicyclic) bond motifs is 1. The van der Waals surface area contributed by atoms with Crippen molar-refractivity contribution >= 4 is 30.8 Å². The molecule has 0 saturated carbocycles. The molecule has 2 aromatic heterocycles. The van der Waals surface area contributed by atoms with Crippen LogP contribution < -0.4 is 0 Å². The number of aromatic amines is 1. The normalized spacial score (nSPS) is 25.4. The number of hydrogen-bond donors (Lipinski definition) is 5. The zero-order valence-corrected chi connectivity index (χ0v) is 21.0. The Kier molecular flexibility index (Phi) is 7.50. The van der Waals surface area contributed by atoms with E-state index in [1.54, 1.807) is 0 Å². The molecule has 1 aliphatic rings. The third kappa shape index (κ3) is 5.48. The largest absolute Gasteiger partial charge is 0.436 e. The fourth-order valence-electron chi connectivity index (χ4n) is 3.72. The first-order valence-corrected chi connectivity index (χ1v) is 12.4. The molecule has 9 nitrogen and oxygen atoms in total. The minimum absolute atomic E-state index is 0.172. The number of hydrogen-bond acceptors (Lipinski definition) is 8. The number of H-pyrrole nitrogens is 1. The fraction of sp³-hybridized carbons (Fsp3) is 0.600. The van der Waals surface area contributed by atoms with E-state index in [1.165, 1.54) is 13.8 Å². The Morgan fingerprint density at radius 3 is 2.28 bits per heavy atom. The molecule has 1 saturated heterocycles. The molecule has 3 unspecified atom stereocenters. The standard InChI is InChI=1S/C20H24F5N2O7PS/c1-18(2,34-35(31,32)19(3,4)30)6-9-12(28)13(29)14(33-9)8-5-7-10(21)11(22)15(20(23,24)25)26-16(7)27-17(8)36/h5,9,12-14,28-30H,6H2,1-4H3,(H,31,32)(H,26,27,36)/t9-,12?,13?,14+/m1/s1. The van der Waals surface area contributed by atoms with Gasteiger partial charge in [-0.05, 0) is 33.8 Å². The molecule has 1 fully saturated rings. The van der Waals surface area contributed by atoms with E-state index >= 15 is 0 Å². The van der Waals surface area contributed by atoms with Crippen molar-refractivity contribution in [1.29, 1.82) is 0 Å². The number of ether oxygens (including phenoxy) is 1. The minimum atomic E-state index is -5.27. The molecule has 0 aliphatic carbocycles. The van der Waals surface area contributed by atoms with Crippen LogP contribution in [0, 0.1) is 16.3 Å². The molecule has 3 rings (SSSR count). The summed E-state index contributed by atoms with van der Waals surface area (Å²) in [6, 6.07) is 0.862. The number of aromatic nitrogens is 2. The van der Waals surface area contributed by atoms with E-state index in [4.69, 9.17) is 21.5 Å². The van der Waals surface area contributed by atoms with E-state index in [0.717, 1.165) is 19.9 Å². The molecule has 5 N–H and O–H groups in total. The maximum Gasteiger partial charge on any atom is 0.436 e. The van der Waals surface area contributed by atoms with Gasteiger partial charge in [0.05, 0.1) is 17.1 Å². The van der Waals surface area contributed by atoms with Gasteiger partial charge >= 0.3 is 13.8 Å². The Hall–Kier alpha value is -1.58. The predicted molar refractivity (Wildman–Crippen MR) is 117 cm³/mol. The smallest absolute Gasteiger partial charge is 0.388 e. The van der Waals surface area contributed by atoms with E-state index in [9.17, 15) is 46.7 Å². The molecule has 16 heteroatoms. The highest BCUT2D eigenvalue weighted by molar-refractivity contribution is 7.71. The third-order valence-electron chi connectivity index (χ3n) is 5.60. The average Bonchev–Trinajstić information content (AvgIpc) is 2.95. The first kappa shape index (κ1) is 29.0. The lowest BCUT2D eigenvalue weighted by molar-refractivity contribution is -0.143. The zero-order chi connectivity index (χ0) is 27.6. The molecule has 0 spiro atoms. The van der Waals surface area contributed by atoms with Gasteiger partial charge in [0.1, 0.15) is 28.6 Å². The molecule has 0 bridgehead atoms. The topological polar surface area (TPSA) is 145 Å². The summed E-state index contributed by atoms with van der Waals surface area (Å²) in [4.78, 5) is 15.4. The Balaban J connectivity index is 1.95. The Labute approximate surface area is 206 Å². The van der Waals surface area contributed by atoms with Crippen molar-refractivity contribution < 1.29 is 56.0 Å². The summed E-state index contributed by atoms with van der Waals surface area (Å²) in [6.45, 7) is 4.89. The first-order chi connectivity index (χ1) is 16.2. The zero-order valence-electron chi connectivity index (χ0n) is 19.3. The van der Waals surface area contributed by atoms with Crippen molar-refractivity contribution in [3.05, 3.63) is 33.6 Å². The van der Waals surface area contributed by atoms with E-state index in [0.29, 0.717) is 0 Å². The van der Waals surface area contributed by atoms with Gasteiger partial charge < -0.3 is 34.5 Å². The highest BCUT2D eigenvalue weighted by Crippen LogP contribution is 2.57. The second-order valence-electron chi connectivity index (χ2n) is 9.55. The van der Waals surface area contributed by atoms with E-state index in [1.807, 2.05) is 0 Å². The molecule has 202 valence electrons. The summed E-state index contributed by atoms with van der Waals surface area (Å²) in [5.41, 5.74) is -4.41. The van der Waals surface area contributed by atoms with Crippen LogP contribution in [0.3, 0.4) is 0 Å². The Bertz CT molecular complexity index is 1280. The number of nitrogens with one attached hydrogen (secondary N) is 1. The summed E-state index contributed by atoms with van der Waals surface area (Å²) in [7, 11) is -4.55.